The van der Waals surface area contributed by atoms with Crippen molar-refractivity contribution in [2.45, 2.75) is 42.5 Å². The molecule has 1 aliphatic rings. The van der Waals surface area contributed by atoms with Crippen molar-refractivity contribution in [2.24, 2.45) is 0 Å². The average molecular weight is 309 g/mol. The van der Waals surface area contributed by atoms with Crippen LogP contribution in [0.1, 0.15) is 31.7 Å². The van der Waals surface area contributed by atoms with Gasteiger partial charge in [-0.1, -0.05) is 18.2 Å². The van der Waals surface area contributed by atoms with Crippen molar-refractivity contribution in [1.82, 2.24) is 4.72 Å². The van der Waals surface area contributed by atoms with Crippen molar-refractivity contribution in [3.63, 3.8) is 0 Å². The molecule has 0 bridgehead atoms. The Morgan fingerprint density at radius 2 is 2.00 bits per heavy atom. The number of nitrogens with one attached hydrogen (secondary N) is 1. The van der Waals surface area contributed by atoms with Gasteiger partial charge >= 0.3 is 5.97 Å². The van der Waals surface area contributed by atoms with Crippen molar-refractivity contribution in [3.05, 3.63) is 42.5 Å². The second-order valence-electron chi connectivity index (χ2n) is 5.46. The van der Waals surface area contributed by atoms with Gasteiger partial charge in [0.05, 0.1) is 10.3 Å². The summed E-state index contributed by atoms with van der Waals surface area (Å²) < 4.78 is 26.9. The molecule has 0 saturated heterocycles. The Labute approximate surface area is 124 Å². The van der Waals surface area contributed by atoms with Gasteiger partial charge in [-0.2, -0.15) is 0 Å². The molecule has 2 N–H and O–H groups in total. The van der Waals surface area contributed by atoms with Crippen LogP contribution in [0.5, 0.6) is 0 Å². The van der Waals surface area contributed by atoms with E-state index in [0.717, 1.165) is 0 Å². The lowest BCUT2D eigenvalue weighted by Gasteiger charge is -2.14. The lowest BCUT2D eigenvalue weighted by Crippen LogP contribution is -2.32. The zero-order valence-electron chi connectivity index (χ0n) is 11.9. The molecule has 2 rings (SSSR count). The highest BCUT2D eigenvalue weighted by Gasteiger charge is 2.51. The van der Waals surface area contributed by atoms with Crippen LogP contribution in [0.15, 0.2) is 41.8 Å². The molecular formula is C15H19NO4S. The molecule has 114 valence electrons. The Morgan fingerprint density at radius 3 is 2.43 bits per heavy atom. The predicted molar refractivity (Wildman–Crippen MR) is 79.6 cm³/mol. The molecule has 6 heteroatoms. The molecule has 1 fully saturated rings. The van der Waals surface area contributed by atoms with E-state index in [1.807, 2.05) is 0 Å². The number of rotatable bonds is 7. The molecule has 21 heavy (non-hydrogen) atoms. The number of carbonyl (C=O) groups is 1. The smallest absolute Gasteiger partial charge is 0.314 e. The third kappa shape index (κ3) is 3.16. The number of hydrogen-bond acceptors (Lipinski definition) is 3. The number of carboxylic acids is 1. The summed E-state index contributed by atoms with van der Waals surface area (Å²) >= 11 is 0. The van der Waals surface area contributed by atoms with Crippen LogP contribution < -0.4 is 4.72 Å². The molecule has 5 nitrogen and oxygen atoms in total. The predicted octanol–water partition coefficient (Wildman–Crippen LogP) is 2.05. The van der Waals surface area contributed by atoms with Crippen LogP contribution in [-0.4, -0.2) is 25.5 Å². The monoisotopic (exact) mass is 309 g/mol. The van der Waals surface area contributed by atoms with Crippen LogP contribution in [0, 0.1) is 0 Å². The minimum Gasteiger partial charge on any atom is -0.481 e. The number of hydrogen-bond donors (Lipinski definition) is 2. The fourth-order valence-corrected chi connectivity index (χ4v) is 3.59. The van der Waals surface area contributed by atoms with Crippen molar-refractivity contribution in [2.75, 3.05) is 0 Å². The van der Waals surface area contributed by atoms with Gasteiger partial charge in [0, 0.05) is 6.04 Å². The summed E-state index contributed by atoms with van der Waals surface area (Å²) in [6.07, 6.45) is 3.39. The van der Waals surface area contributed by atoms with Crippen LogP contribution >= 0.6 is 0 Å². The van der Waals surface area contributed by atoms with Crippen LogP contribution in [0.3, 0.4) is 0 Å². The number of benzene rings is 1. The molecule has 0 aliphatic heterocycles. The van der Waals surface area contributed by atoms with Gasteiger partial charge in [0.1, 0.15) is 0 Å². The van der Waals surface area contributed by atoms with E-state index in [2.05, 4.69) is 11.3 Å². The van der Waals surface area contributed by atoms with Gasteiger partial charge in [-0.15, -0.1) is 6.58 Å². The van der Waals surface area contributed by atoms with Gasteiger partial charge in [-0.3, -0.25) is 4.79 Å². The van der Waals surface area contributed by atoms with Gasteiger partial charge < -0.3 is 5.11 Å². The van der Waals surface area contributed by atoms with Gasteiger partial charge in [0.25, 0.3) is 0 Å². The van der Waals surface area contributed by atoms with E-state index in [-0.39, 0.29) is 10.9 Å². The maximum Gasteiger partial charge on any atom is 0.314 e. The fraction of sp³-hybridized carbons (Fsp3) is 0.400. The third-order valence-corrected chi connectivity index (χ3v) is 5.36. The summed E-state index contributed by atoms with van der Waals surface area (Å²) in [5, 5.41) is 9.22. The van der Waals surface area contributed by atoms with Crippen LogP contribution in [0.4, 0.5) is 0 Å². The van der Waals surface area contributed by atoms with Crippen LogP contribution in [-0.2, 0) is 20.2 Å². The molecular weight excluding hydrogens is 290 g/mol. The largest absolute Gasteiger partial charge is 0.481 e. The van der Waals surface area contributed by atoms with Gasteiger partial charge in [-0.05, 0) is 43.9 Å². The van der Waals surface area contributed by atoms with E-state index in [9.17, 15) is 18.3 Å². The first-order chi connectivity index (χ1) is 9.82. The Balaban J connectivity index is 2.19. The molecule has 0 spiro atoms. The second-order valence-corrected chi connectivity index (χ2v) is 7.17. The molecule has 0 amide bonds. The lowest BCUT2D eigenvalue weighted by molar-refractivity contribution is -0.140. The SMILES string of the molecule is C=CCC(C)NS(=O)(=O)c1ccc(C2(C(=O)O)CC2)cc1. The lowest BCUT2D eigenvalue weighted by atomic mass is 9.96. The molecule has 0 aromatic heterocycles. The Morgan fingerprint density at radius 1 is 1.43 bits per heavy atom. The first-order valence-electron chi connectivity index (χ1n) is 6.79. The van der Waals surface area contributed by atoms with Crippen molar-refractivity contribution >= 4 is 16.0 Å². The molecule has 0 heterocycles. The van der Waals surface area contributed by atoms with Crippen molar-refractivity contribution < 1.29 is 18.3 Å². The maximum atomic E-state index is 12.2. The Bertz CT molecular complexity index is 645. The second kappa shape index (κ2) is 5.61. The van der Waals surface area contributed by atoms with Crippen molar-refractivity contribution in [1.29, 1.82) is 0 Å². The quantitative estimate of drug-likeness (QED) is 0.755. The van der Waals surface area contributed by atoms with E-state index in [0.29, 0.717) is 24.8 Å². The first-order valence-corrected chi connectivity index (χ1v) is 8.27. The number of aliphatic carboxylic acids is 1. The summed E-state index contributed by atoms with van der Waals surface area (Å²) in [5.41, 5.74) is -0.153. The molecule has 1 aromatic carbocycles. The fourth-order valence-electron chi connectivity index (χ4n) is 2.34. The minimum absolute atomic E-state index is 0.142. The maximum absolute atomic E-state index is 12.2. The van der Waals surface area contributed by atoms with Crippen molar-refractivity contribution in [3.8, 4) is 0 Å². The molecule has 1 saturated carbocycles. The highest BCUT2D eigenvalue weighted by Crippen LogP contribution is 2.48. The Kier molecular flexibility index (Phi) is 4.20. The average Bonchev–Trinajstić information content (AvgIpc) is 3.20. The number of carboxylic acid groups (broad SMARTS) is 1. The number of sulfonamides is 1. The van der Waals surface area contributed by atoms with E-state index < -0.39 is 21.4 Å². The topological polar surface area (TPSA) is 83.5 Å². The molecule has 1 aromatic rings. The first kappa shape index (κ1) is 15.7. The summed E-state index contributed by atoms with van der Waals surface area (Å²) in [4.78, 5) is 11.4. The van der Waals surface area contributed by atoms with Gasteiger partial charge in [0.2, 0.25) is 10.0 Å². The molecule has 1 atom stereocenters. The zero-order chi connectivity index (χ0) is 15.7. The molecule has 1 unspecified atom stereocenters. The summed E-state index contributed by atoms with van der Waals surface area (Å²) in [5.74, 6) is -0.851. The molecule has 0 radical (unpaired) electrons. The molecule has 1 aliphatic carbocycles. The van der Waals surface area contributed by atoms with Gasteiger partial charge in [-0.25, -0.2) is 13.1 Å². The van der Waals surface area contributed by atoms with Crippen LogP contribution in [0.25, 0.3) is 0 Å². The summed E-state index contributed by atoms with van der Waals surface area (Å²) in [6.45, 7) is 5.34. The third-order valence-electron chi connectivity index (χ3n) is 3.75. The van der Waals surface area contributed by atoms with E-state index >= 15 is 0 Å². The Hall–Kier alpha value is -1.66. The zero-order valence-corrected chi connectivity index (χ0v) is 12.7. The van der Waals surface area contributed by atoms with E-state index in [1.165, 1.54) is 12.1 Å². The highest BCUT2D eigenvalue weighted by atomic mass is 32.2. The highest BCUT2D eigenvalue weighted by molar-refractivity contribution is 7.89. The minimum atomic E-state index is -3.59. The summed E-state index contributed by atoms with van der Waals surface area (Å²) in [7, 11) is -3.59. The van der Waals surface area contributed by atoms with Crippen LogP contribution in [0.2, 0.25) is 0 Å². The van der Waals surface area contributed by atoms with E-state index in [1.54, 1.807) is 25.1 Å². The summed E-state index contributed by atoms with van der Waals surface area (Å²) in [6, 6.07) is 5.87. The standard InChI is InChI=1S/C15H19NO4S/c1-3-4-11(2)16-21(19,20)13-7-5-12(6-8-13)15(9-10-15)14(17)18/h3,5-8,11,16H,1,4,9-10H2,2H3,(H,17,18). The van der Waals surface area contributed by atoms with Gasteiger partial charge in [0.15, 0.2) is 0 Å². The van der Waals surface area contributed by atoms with E-state index in [4.69, 9.17) is 0 Å². The normalized spacial score (nSPS) is 18.0.